The van der Waals surface area contributed by atoms with Gasteiger partial charge in [-0.25, -0.2) is 4.79 Å². The lowest BCUT2D eigenvalue weighted by Crippen LogP contribution is -2.41. The highest BCUT2D eigenvalue weighted by Crippen LogP contribution is 2.11. The molecule has 1 aromatic carbocycles. The van der Waals surface area contributed by atoms with E-state index >= 15 is 0 Å². The van der Waals surface area contributed by atoms with Crippen LogP contribution in [-0.2, 0) is 11.3 Å². The molecule has 0 unspecified atom stereocenters. The molecule has 0 fully saturated rings. The Kier molecular flexibility index (Phi) is 5.95. The van der Waals surface area contributed by atoms with Gasteiger partial charge >= 0.3 is 6.03 Å². The standard InChI is InChI=1S/C16H17N3O5/c1-17-15(21)11-4-6-12(7-5-11)24-10-14(20)19-16(22)18-9-13-3-2-8-23-13/h2-8H,9-10H2,1H3,(H,17,21)(H2,18,19,20,22). The summed E-state index contributed by atoms with van der Waals surface area (Å²) in [5.41, 5.74) is 0.478. The maximum absolute atomic E-state index is 11.6. The Morgan fingerprint density at radius 1 is 1.12 bits per heavy atom. The van der Waals surface area contributed by atoms with E-state index in [2.05, 4.69) is 16.0 Å². The van der Waals surface area contributed by atoms with Gasteiger partial charge in [-0.2, -0.15) is 0 Å². The largest absolute Gasteiger partial charge is 0.484 e. The summed E-state index contributed by atoms with van der Waals surface area (Å²) < 4.78 is 10.3. The van der Waals surface area contributed by atoms with Crippen LogP contribution in [0.3, 0.4) is 0 Å². The van der Waals surface area contributed by atoms with Crippen LogP contribution in [0.25, 0.3) is 0 Å². The zero-order chi connectivity index (χ0) is 17.4. The minimum absolute atomic E-state index is 0.175. The van der Waals surface area contributed by atoms with Crippen molar-refractivity contribution in [3.63, 3.8) is 0 Å². The molecule has 0 radical (unpaired) electrons. The molecule has 0 saturated heterocycles. The molecule has 1 heterocycles. The summed E-state index contributed by atoms with van der Waals surface area (Å²) in [6, 6.07) is 9.03. The van der Waals surface area contributed by atoms with E-state index in [9.17, 15) is 14.4 Å². The van der Waals surface area contributed by atoms with Gasteiger partial charge in [-0.05, 0) is 36.4 Å². The summed E-state index contributed by atoms with van der Waals surface area (Å²) in [4.78, 5) is 34.5. The molecule has 8 nitrogen and oxygen atoms in total. The predicted octanol–water partition coefficient (Wildman–Crippen LogP) is 1.04. The number of hydrogen-bond donors (Lipinski definition) is 3. The van der Waals surface area contributed by atoms with Gasteiger partial charge in [0.1, 0.15) is 11.5 Å². The van der Waals surface area contributed by atoms with Gasteiger partial charge in [-0.1, -0.05) is 0 Å². The first-order valence-electron chi connectivity index (χ1n) is 7.13. The number of ether oxygens (including phenoxy) is 1. The molecule has 0 aliphatic carbocycles. The summed E-state index contributed by atoms with van der Waals surface area (Å²) in [6.45, 7) is -0.151. The number of imide groups is 1. The summed E-state index contributed by atoms with van der Waals surface area (Å²) in [7, 11) is 1.54. The summed E-state index contributed by atoms with van der Waals surface area (Å²) in [6.07, 6.45) is 1.49. The van der Waals surface area contributed by atoms with Crippen LogP contribution in [0.5, 0.6) is 5.75 Å². The zero-order valence-electron chi connectivity index (χ0n) is 13.0. The molecule has 0 spiro atoms. The smallest absolute Gasteiger partial charge is 0.321 e. The van der Waals surface area contributed by atoms with Crippen molar-refractivity contribution in [2.24, 2.45) is 0 Å². The summed E-state index contributed by atoms with van der Waals surface area (Å²) in [5, 5.41) is 7.11. The first kappa shape index (κ1) is 17.1. The fourth-order valence-corrected chi connectivity index (χ4v) is 1.78. The van der Waals surface area contributed by atoms with E-state index in [0.717, 1.165) is 0 Å². The average molecular weight is 331 g/mol. The number of nitrogens with one attached hydrogen (secondary N) is 3. The highest BCUT2D eigenvalue weighted by molar-refractivity contribution is 5.95. The molecule has 0 atom stereocenters. The van der Waals surface area contributed by atoms with Gasteiger partial charge in [0.05, 0.1) is 12.8 Å². The van der Waals surface area contributed by atoms with Crippen LogP contribution in [0.1, 0.15) is 16.1 Å². The second-order valence-electron chi connectivity index (χ2n) is 4.70. The Labute approximate surface area is 138 Å². The Morgan fingerprint density at radius 2 is 1.88 bits per heavy atom. The molecule has 0 aliphatic heterocycles. The Bertz CT molecular complexity index is 695. The molecular formula is C16H17N3O5. The van der Waals surface area contributed by atoms with Gasteiger partial charge < -0.3 is 19.8 Å². The van der Waals surface area contributed by atoms with Crippen molar-refractivity contribution in [1.29, 1.82) is 0 Å². The molecule has 8 heteroatoms. The lowest BCUT2D eigenvalue weighted by molar-refractivity contribution is -0.122. The second-order valence-corrected chi connectivity index (χ2v) is 4.70. The van der Waals surface area contributed by atoms with Crippen LogP contribution in [0.2, 0.25) is 0 Å². The molecule has 1 aromatic heterocycles. The van der Waals surface area contributed by atoms with E-state index in [1.54, 1.807) is 36.4 Å². The lowest BCUT2D eigenvalue weighted by Gasteiger charge is -2.08. The van der Waals surface area contributed by atoms with E-state index in [0.29, 0.717) is 17.1 Å². The number of amides is 4. The van der Waals surface area contributed by atoms with Gasteiger partial charge in [0.25, 0.3) is 11.8 Å². The highest BCUT2D eigenvalue weighted by Gasteiger charge is 2.09. The minimum Gasteiger partial charge on any atom is -0.484 e. The second kappa shape index (κ2) is 8.37. The molecular weight excluding hydrogens is 314 g/mol. The number of carbonyl (C=O) groups is 3. The number of urea groups is 1. The van der Waals surface area contributed by atoms with Gasteiger partial charge in [0.2, 0.25) is 0 Å². The molecule has 0 bridgehead atoms. The number of benzene rings is 1. The van der Waals surface area contributed by atoms with Crippen molar-refractivity contribution in [1.82, 2.24) is 16.0 Å². The average Bonchev–Trinajstić information content (AvgIpc) is 3.11. The predicted molar refractivity (Wildman–Crippen MR) is 84.4 cm³/mol. The van der Waals surface area contributed by atoms with Crippen molar-refractivity contribution >= 4 is 17.8 Å². The normalized spacial score (nSPS) is 9.88. The van der Waals surface area contributed by atoms with Gasteiger partial charge in [0, 0.05) is 12.6 Å². The fourth-order valence-electron chi connectivity index (χ4n) is 1.78. The first-order valence-corrected chi connectivity index (χ1v) is 7.13. The monoisotopic (exact) mass is 331 g/mol. The quantitative estimate of drug-likeness (QED) is 0.733. The van der Waals surface area contributed by atoms with Gasteiger partial charge in [-0.3, -0.25) is 14.9 Å². The highest BCUT2D eigenvalue weighted by atomic mass is 16.5. The third-order valence-electron chi connectivity index (χ3n) is 2.97. The Morgan fingerprint density at radius 3 is 2.50 bits per heavy atom. The number of furan rings is 1. The molecule has 3 N–H and O–H groups in total. The number of rotatable bonds is 6. The minimum atomic E-state index is -0.644. The van der Waals surface area contributed by atoms with E-state index in [1.807, 2.05) is 0 Å². The van der Waals surface area contributed by atoms with E-state index in [1.165, 1.54) is 13.3 Å². The van der Waals surface area contributed by atoms with Crippen molar-refractivity contribution in [3.8, 4) is 5.75 Å². The maximum Gasteiger partial charge on any atom is 0.321 e. The van der Waals surface area contributed by atoms with E-state index in [-0.39, 0.29) is 19.1 Å². The van der Waals surface area contributed by atoms with E-state index in [4.69, 9.17) is 9.15 Å². The fraction of sp³-hybridized carbons (Fsp3) is 0.188. The van der Waals surface area contributed by atoms with Crippen molar-refractivity contribution in [2.45, 2.75) is 6.54 Å². The van der Waals surface area contributed by atoms with Crippen LogP contribution in [0.4, 0.5) is 4.79 Å². The molecule has 2 rings (SSSR count). The van der Waals surface area contributed by atoms with Crippen molar-refractivity contribution in [2.75, 3.05) is 13.7 Å². The van der Waals surface area contributed by atoms with Crippen LogP contribution in [0, 0.1) is 0 Å². The molecule has 2 aromatic rings. The molecule has 126 valence electrons. The zero-order valence-corrected chi connectivity index (χ0v) is 13.0. The Balaban J connectivity index is 1.72. The first-order chi connectivity index (χ1) is 11.6. The van der Waals surface area contributed by atoms with Gasteiger partial charge in [0.15, 0.2) is 6.61 Å². The molecule has 0 saturated carbocycles. The topological polar surface area (TPSA) is 110 Å². The van der Waals surface area contributed by atoms with Crippen molar-refractivity contribution < 1.29 is 23.5 Å². The molecule has 0 aliphatic rings. The maximum atomic E-state index is 11.6. The Hall–Kier alpha value is -3.29. The van der Waals surface area contributed by atoms with Crippen LogP contribution in [-0.4, -0.2) is 31.5 Å². The molecule has 24 heavy (non-hydrogen) atoms. The summed E-state index contributed by atoms with van der Waals surface area (Å²) >= 11 is 0. The van der Waals surface area contributed by atoms with Crippen LogP contribution < -0.4 is 20.7 Å². The third kappa shape index (κ3) is 5.16. The molecule has 4 amide bonds. The van der Waals surface area contributed by atoms with Crippen LogP contribution >= 0.6 is 0 Å². The van der Waals surface area contributed by atoms with Gasteiger partial charge in [-0.15, -0.1) is 0 Å². The summed E-state index contributed by atoms with van der Waals surface area (Å²) in [5.74, 6) is 0.175. The third-order valence-corrected chi connectivity index (χ3v) is 2.97. The number of hydrogen-bond acceptors (Lipinski definition) is 5. The van der Waals surface area contributed by atoms with E-state index < -0.39 is 11.9 Å². The van der Waals surface area contributed by atoms with Crippen LogP contribution in [0.15, 0.2) is 47.1 Å². The number of carbonyl (C=O) groups excluding carboxylic acids is 3. The lowest BCUT2D eigenvalue weighted by atomic mass is 10.2. The van der Waals surface area contributed by atoms with Crippen molar-refractivity contribution in [3.05, 3.63) is 54.0 Å². The SMILES string of the molecule is CNC(=O)c1ccc(OCC(=O)NC(=O)NCc2ccco2)cc1.